The van der Waals surface area contributed by atoms with E-state index in [1.54, 1.807) is 0 Å². The van der Waals surface area contributed by atoms with Crippen LogP contribution in [0.2, 0.25) is 0 Å². The molecule has 3 amide bonds. The number of amides is 3. The van der Waals surface area contributed by atoms with Crippen molar-refractivity contribution in [2.75, 3.05) is 13.2 Å². The van der Waals surface area contributed by atoms with Gasteiger partial charge in [0.2, 0.25) is 0 Å². The Morgan fingerprint density at radius 3 is 1.93 bits per heavy atom. The van der Waals surface area contributed by atoms with Crippen molar-refractivity contribution in [1.82, 2.24) is 15.5 Å². The van der Waals surface area contributed by atoms with Crippen molar-refractivity contribution in [2.24, 2.45) is 0 Å². The van der Waals surface area contributed by atoms with Crippen molar-refractivity contribution in [3.63, 3.8) is 0 Å². The Hall–Kier alpha value is -5.19. The minimum absolute atomic E-state index is 0.0165. The summed E-state index contributed by atoms with van der Waals surface area (Å²) in [5.74, 6) is 0. The molecule has 0 radical (unpaired) electrons. The molecule has 1 heterocycles. The Balaban J connectivity index is 1.69. The lowest BCUT2D eigenvalue weighted by Crippen LogP contribution is -2.51. The highest BCUT2D eigenvalue weighted by Gasteiger charge is 2.39. The standard InChI is InChI=1S/C28H31N5O11S/c1-3-12-42-26(35)29-25(30-27(36)43-16-19-4-8-21(9-5-19)32(38)39)14-23-13-24(45-18(2)34)15-31(23)28(37)44-17-20-6-10-22(11-7-20)33(40)41/h3-11,23-25H,1,12-17H2,2H3,(H,29,35)(H,30,36)/t23-,24+,25?/m1/s1. The SMILES string of the molecule is C=CCOC(=O)NC(C[C@H]1C[C@H](SC(C)=O)CN1C(=O)OCc1ccc([N+](=O)[O-])cc1)NC(=O)OCc1ccc([N+](=O)[O-])cc1. The van der Waals surface area contributed by atoms with Crippen LogP contribution < -0.4 is 10.6 Å². The average molecular weight is 646 g/mol. The highest BCUT2D eigenvalue weighted by Crippen LogP contribution is 2.31. The summed E-state index contributed by atoms with van der Waals surface area (Å²) in [5, 5.41) is 26.3. The molecule has 0 aliphatic carbocycles. The van der Waals surface area contributed by atoms with Gasteiger partial charge in [0.25, 0.3) is 11.4 Å². The minimum atomic E-state index is -1.09. The summed E-state index contributed by atoms with van der Waals surface area (Å²) < 4.78 is 15.6. The second kappa shape index (κ2) is 16.6. The van der Waals surface area contributed by atoms with Crippen molar-refractivity contribution in [2.45, 2.75) is 50.4 Å². The molecule has 1 aliphatic heterocycles. The fourth-order valence-corrected chi connectivity index (χ4v) is 5.40. The maximum atomic E-state index is 13.2. The topological polar surface area (TPSA) is 210 Å². The molecule has 17 heteroatoms. The van der Waals surface area contributed by atoms with E-state index < -0.39 is 40.3 Å². The number of likely N-dealkylation sites (tertiary alicyclic amines) is 1. The van der Waals surface area contributed by atoms with Gasteiger partial charge in [-0.05, 0) is 41.8 Å². The highest BCUT2D eigenvalue weighted by atomic mass is 32.2. The molecule has 45 heavy (non-hydrogen) atoms. The van der Waals surface area contributed by atoms with Crippen LogP contribution in [-0.2, 0) is 32.2 Å². The smallest absolute Gasteiger partial charge is 0.410 e. The normalized spacial score (nSPS) is 16.2. The zero-order valence-corrected chi connectivity index (χ0v) is 24.9. The van der Waals surface area contributed by atoms with E-state index >= 15 is 0 Å². The first kappa shape index (κ1) is 34.3. The van der Waals surface area contributed by atoms with Gasteiger partial charge in [-0.1, -0.05) is 24.4 Å². The second-order valence-electron chi connectivity index (χ2n) is 9.72. The minimum Gasteiger partial charge on any atom is -0.445 e. The molecule has 1 saturated heterocycles. The number of carbonyl (C=O) groups excluding carboxylic acids is 4. The number of nitro groups is 2. The van der Waals surface area contributed by atoms with Crippen molar-refractivity contribution >= 4 is 46.5 Å². The Labute approximate surface area is 261 Å². The lowest BCUT2D eigenvalue weighted by Gasteiger charge is -2.28. The molecular formula is C28H31N5O11S. The van der Waals surface area contributed by atoms with E-state index in [1.807, 2.05) is 0 Å². The molecule has 16 nitrogen and oxygen atoms in total. The summed E-state index contributed by atoms with van der Waals surface area (Å²) in [6.07, 6.45) is -1.96. The third kappa shape index (κ3) is 11.1. The molecule has 0 bridgehead atoms. The van der Waals surface area contributed by atoms with Crippen LogP contribution in [0.3, 0.4) is 0 Å². The van der Waals surface area contributed by atoms with Gasteiger partial charge in [0.1, 0.15) is 26.0 Å². The number of nitrogens with one attached hydrogen (secondary N) is 2. The van der Waals surface area contributed by atoms with Gasteiger partial charge in [-0.15, -0.1) is 0 Å². The van der Waals surface area contributed by atoms with Crippen LogP contribution in [0.25, 0.3) is 0 Å². The second-order valence-corrected chi connectivity index (χ2v) is 11.2. The number of nitrogens with zero attached hydrogens (tertiary/aromatic N) is 3. The molecule has 2 N–H and O–H groups in total. The summed E-state index contributed by atoms with van der Waals surface area (Å²) in [6.45, 7) is 4.52. The maximum Gasteiger partial charge on any atom is 0.410 e. The van der Waals surface area contributed by atoms with E-state index in [1.165, 1.54) is 66.4 Å². The van der Waals surface area contributed by atoms with Crippen LogP contribution in [0.4, 0.5) is 25.8 Å². The zero-order chi connectivity index (χ0) is 32.9. The van der Waals surface area contributed by atoms with Gasteiger partial charge in [-0.2, -0.15) is 0 Å². The number of alkyl carbamates (subject to hydrolysis) is 2. The summed E-state index contributed by atoms with van der Waals surface area (Å²) >= 11 is 1.05. The first-order valence-corrected chi connectivity index (χ1v) is 14.4. The summed E-state index contributed by atoms with van der Waals surface area (Å²) in [6, 6.07) is 10.3. The zero-order valence-electron chi connectivity index (χ0n) is 24.1. The predicted molar refractivity (Wildman–Crippen MR) is 160 cm³/mol. The number of thioether (sulfide) groups is 1. The highest BCUT2D eigenvalue weighted by molar-refractivity contribution is 8.14. The molecule has 1 unspecified atom stereocenters. The molecule has 0 saturated carbocycles. The van der Waals surface area contributed by atoms with Crippen molar-refractivity contribution in [1.29, 1.82) is 0 Å². The molecule has 1 aliphatic rings. The average Bonchev–Trinajstić information content (AvgIpc) is 3.39. The van der Waals surface area contributed by atoms with Gasteiger partial charge in [0, 0.05) is 55.4 Å². The van der Waals surface area contributed by atoms with E-state index in [4.69, 9.17) is 14.2 Å². The number of nitro benzene ring substituents is 2. The fourth-order valence-electron chi connectivity index (χ4n) is 4.37. The number of hydrogen-bond donors (Lipinski definition) is 2. The Morgan fingerprint density at radius 1 is 0.933 bits per heavy atom. The Bertz CT molecular complexity index is 1400. The molecular weight excluding hydrogens is 614 g/mol. The number of hydrogen-bond acceptors (Lipinski definition) is 12. The van der Waals surface area contributed by atoms with Crippen molar-refractivity contribution in [3.05, 3.63) is 92.5 Å². The Morgan fingerprint density at radius 2 is 1.44 bits per heavy atom. The van der Waals surface area contributed by atoms with Crippen LogP contribution >= 0.6 is 11.8 Å². The summed E-state index contributed by atoms with van der Waals surface area (Å²) in [5.41, 5.74) is 0.755. The van der Waals surface area contributed by atoms with Crippen LogP contribution in [0, 0.1) is 20.2 Å². The predicted octanol–water partition coefficient (Wildman–Crippen LogP) is 4.42. The largest absolute Gasteiger partial charge is 0.445 e. The lowest BCUT2D eigenvalue weighted by molar-refractivity contribution is -0.385. The third-order valence-corrected chi connectivity index (χ3v) is 7.40. The number of rotatable bonds is 13. The first-order chi connectivity index (χ1) is 21.4. The van der Waals surface area contributed by atoms with E-state index in [9.17, 15) is 39.4 Å². The van der Waals surface area contributed by atoms with Crippen molar-refractivity contribution in [3.8, 4) is 0 Å². The maximum absolute atomic E-state index is 13.2. The van der Waals surface area contributed by atoms with Gasteiger partial charge in [-0.3, -0.25) is 25.0 Å². The lowest BCUT2D eigenvalue weighted by atomic mass is 10.1. The molecule has 2 aromatic carbocycles. The van der Waals surface area contributed by atoms with Gasteiger partial charge in [-0.25, -0.2) is 14.4 Å². The van der Waals surface area contributed by atoms with Gasteiger partial charge < -0.3 is 29.7 Å². The van der Waals surface area contributed by atoms with Crippen LogP contribution in [0.15, 0.2) is 61.2 Å². The quantitative estimate of drug-likeness (QED) is 0.102. The van der Waals surface area contributed by atoms with E-state index in [0.717, 1.165) is 11.8 Å². The molecule has 3 atom stereocenters. The van der Waals surface area contributed by atoms with E-state index in [-0.39, 0.29) is 54.5 Å². The monoisotopic (exact) mass is 645 g/mol. The molecule has 3 rings (SSSR count). The first-order valence-electron chi connectivity index (χ1n) is 13.5. The summed E-state index contributed by atoms with van der Waals surface area (Å²) in [4.78, 5) is 72.0. The molecule has 0 aromatic heterocycles. The number of ether oxygens (including phenoxy) is 3. The van der Waals surface area contributed by atoms with Gasteiger partial charge in [0.15, 0.2) is 5.12 Å². The number of carbonyl (C=O) groups is 4. The molecule has 0 spiro atoms. The van der Waals surface area contributed by atoms with Gasteiger partial charge >= 0.3 is 18.3 Å². The van der Waals surface area contributed by atoms with Crippen LogP contribution in [-0.4, -0.2) is 68.8 Å². The fraction of sp³-hybridized carbons (Fsp3) is 0.357. The number of benzene rings is 2. The summed E-state index contributed by atoms with van der Waals surface area (Å²) in [7, 11) is 0. The Kier molecular flexibility index (Phi) is 12.7. The number of non-ortho nitro benzene ring substituents is 2. The van der Waals surface area contributed by atoms with Crippen LogP contribution in [0.5, 0.6) is 0 Å². The molecule has 240 valence electrons. The van der Waals surface area contributed by atoms with Crippen LogP contribution in [0.1, 0.15) is 30.9 Å². The molecule has 2 aromatic rings. The third-order valence-electron chi connectivity index (χ3n) is 6.39. The van der Waals surface area contributed by atoms with Gasteiger partial charge in [0.05, 0.1) is 9.85 Å². The molecule has 1 fully saturated rings. The van der Waals surface area contributed by atoms with E-state index in [0.29, 0.717) is 17.5 Å². The van der Waals surface area contributed by atoms with E-state index in [2.05, 4.69) is 17.2 Å². The van der Waals surface area contributed by atoms with Crippen molar-refractivity contribution < 1.29 is 43.2 Å².